The normalized spacial score (nSPS) is 12.2. The first-order valence-electron chi connectivity index (χ1n) is 4.19. The largest absolute Gasteiger partial charge is 0.534 e. The summed E-state index contributed by atoms with van der Waals surface area (Å²) >= 11 is 0. The number of rotatable bonds is 2. The van der Waals surface area contributed by atoms with E-state index in [0.717, 1.165) is 11.1 Å². The lowest BCUT2D eigenvalue weighted by molar-refractivity contribution is 0.0951. The fourth-order valence-electron chi connectivity index (χ4n) is 1.10. The van der Waals surface area contributed by atoms with E-state index in [0.29, 0.717) is 0 Å². The minimum Gasteiger partial charge on any atom is -0.534 e. The maximum Gasteiger partial charge on any atom is 0.249 e. The Kier molecular flexibility index (Phi) is 3.44. The van der Waals surface area contributed by atoms with Gasteiger partial charge in [0.25, 0.3) is 0 Å². The first-order valence-corrected chi connectivity index (χ1v) is 4.76. The van der Waals surface area contributed by atoms with Crippen molar-refractivity contribution >= 4 is 15.1 Å². The average Bonchev–Trinajstić information content (AvgIpc) is 2.03. The number of carbonyl (C=O) groups excluding carboxylic acids is 1. The summed E-state index contributed by atoms with van der Waals surface area (Å²) in [6.45, 7) is 3.79. The second-order valence-corrected chi connectivity index (χ2v) is 3.88. The van der Waals surface area contributed by atoms with Crippen molar-refractivity contribution in [3.8, 4) is 0 Å². The monoisotopic (exact) mass is 194 g/mol. The summed E-state index contributed by atoms with van der Waals surface area (Å²) in [5.41, 5.74) is 1.72. The van der Waals surface area contributed by atoms with E-state index in [1.54, 1.807) is 0 Å². The van der Waals surface area contributed by atoms with Crippen molar-refractivity contribution in [2.24, 2.45) is 0 Å². The highest BCUT2D eigenvalue weighted by Gasteiger charge is 2.05. The molecule has 0 saturated heterocycles. The Hall–Kier alpha value is -0.880. The molecule has 0 aliphatic carbocycles. The zero-order valence-electron chi connectivity index (χ0n) is 7.79. The molecule has 0 heterocycles. The number of amides is 1. The quantitative estimate of drug-likeness (QED) is 0.718. The van der Waals surface area contributed by atoms with Gasteiger partial charge in [-0.15, -0.1) is 5.78 Å². The van der Waals surface area contributed by atoms with E-state index in [-0.39, 0.29) is 11.7 Å². The zero-order valence-corrected chi connectivity index (χ0v) is 8.79. The Morgan fingerprint density at radius 2 is 2.08 bits per heavy atom. The van der Waals surface area contributed by atoms with Crippen LogP contribution in [0.15, 0.2) is 24.3 Å². The molecule has 0 aliphatic heterocycles. The Balaban J connectivity index is 2.83. The molecule has 3 heteroatoms. The molecule has 0 spiro atoms. The summed E-state index contributed by atoms with van der Waals surface area (Å²) in [4.78, 5) is 11.5. The number of hydrogen-bond acceptors (Lipinski definition) is 1. The van der Waals surface area contributed by atoms with E-state index in [4.69, 9.17) is 0 Å². The van der Waals surface area contributed by atoms with Gasteiger partial charge in [0, 0.05) is 5.56 Å². The molecule has 1 aromatic rings. The van der Waals surface area contributed by atoms with Crippen LogP contribution in [0.25, 0.3) is 0 Å². The molecule has 1 unspecified atom stereocenters. The van der Waals surface area contributed by atoms with Crippen LogP contribution in [0.5, 0.6) is 0 Å². The van der Waals surface area contributed by atoms with Gasteiger partial charge in [-0.2, -0.15) is 0 Å². The van der Waals surface area contributed by atoms with Crippen molar-refractivity contribution in [1.29, 1.82) is 0 Å². The van der Waals surface area contributed by atoms with Crippen molar-refractivity contribution in [2.75, 3.05) is 0 Å². The van der Waals surface area contributed by atoms with Crippen LogP contribution >= 0.6 is 9.24 Å². The topological polar surface area (TPSA) is 29.1 Å². The van der Waals surface area contributed by atoms with E-state index >= 15 is 0 Å². The van der Waals surface area contributed by atoms with E-state index in [1.165, 1.54) is 0 Å². The number of benzene rings is 1. The highest BCUT2D eigenvalue weighted by Crippen LogP contribution is 2.07. The maximum absolute atomic E-state index is 11.5. The molecular weight excluding hydrogens is 181 g/mol. The molecule has 0 aromatic heterocycles. The molecule has 0 aliphatic rings. The SMILES string of the molecule is Cc1ccccc1C(=O)NC(C)[PH-]. The third-order valence-electron chi connectivity index (χ3n) is 1.74. The standard InChI is InChI=1S/C10H13NOP/c1-7-5-3-4-6-9(7)10(12)11-8(2)13/h3-6,8,13H,1-2H3,(H,11,12)/q-1. The number of carbonyl (C=O) groups is 1. The molecule has 0 saturated carbocycles. The minimum atomic E-state index is -0.0411. The predicted molar refractivity (Wildman–Crippen MR) is 56.4 cm³/mol. The summed E-state index contributed by atoms with van der Waals surface area (Å²) < 4.78 is 0. The van der Waals surface area contributed by atoms with Crippen LogP contribution in [0.3, 0.4) is 0 Å². The molecule has 0 radical (unpaired) electrons. The van der Waals surface area contributed by atoms with Crippen molar-refractivity contribution < 1.29 is 4.79 Å². The van der Waals surface area contributed by atoms with Gasteiger partial charge in [-0.3, -0.25) is 4.79 Å². The highest BCUT2D eigenvalue weighted by molar-refractivity contribution is 7.17. The van der Waals surface area contributed by atoms with Crippen molar-refractivity contribution in [3.05, 3.63) is 35.4 Å². The lowest BCUT2D eigenvalue weighted by atomic mass is 10.1. The van der Waals surface area contributed by atoms with Crippen LogP contribution in [0.4, 0.5) is 0 Å². The molecular formula is C10H13NOP-. The van der Waals surface area contributed by atoms with Crippen molar-refractivity contribution in [2.45, 2.75) is 19.6 Å². The average molecular weight is 194 g/mol. The summed E-state index contributed by atoms with van der Waals surface area (Å²) in [6.07, 6.45) is 0. The van der Waals surface area contributed by atoms with Crippen LogP contribution in [-0.4, -0.2) is 11.7 Å². The second-order valence-electron chi connectivity index (χ2n) is 3.01. The Labute approximate surface area is 80.9 Å². The third-order valence-corrected chi connectivity index (χ3v) is 1.88. The van der Waals surface area contributed by atoms with Crippen LogP contribution in [0.2, 0.25) is 0 Å². The summed E-state index contributed by atoms with van der Waals surface area (Å²) in [7, 11) is 3.31. The number of nitrogens with one attached hydrogen (secondary N) is 1. The Morgan fingerprint density at radius 1 is 1.46 bits per heavy atom. The first-order chi connectivity index (χ1) is 6.11. The van der Waals surface area contributed by atoms with Crippen LogP contribution in [0.1, 0.15) is 22.8 Å². The number of hydrogen-bond donors (Lipinski definition) is 1. The van der Waals surface area contributed by atoms with Gasteiger partial charge in [-0.1, -0.05) is 25.1 Å². The van der Waals surface area contributed by atoms with Gasteiger partial charge in [-0.05, 0) is 18.6 Å². The van der Waals surface area contributed by atoms with Gasteiger partial charge < -0.3 is 14.6 Å². The minimum absolute atomic E-state index is 0.00731. The van der Waals surface area contributed by atoms with Crippen LogP contribution in [0, 0.1) is 6.92 Å². The van der Waals surface area contributed by atoms with Gasteiger partial charge in [0.2, 0.25) is 5.91 Å². The summed E-state index contributed by atoms with van der Waals surface area (Å²) in [6, 6.07) is 7.52. The molecule has 1 amide bonds. The lowest BCUT2D eigenvalue weighted by Gasteiger charge is -2.16. The summed E-state index contributed by atoms with van der Waals surface area (Å²) in [5.74, 6) is -0.0484. The fraction of sp³-hybridized carbons (Fsp3) is 0.300. The first kappa shape index (κ1) is 10.2. The molecule has 2 nitrogen and oxygen atoms in total. The van der Waals surface area contributed by atoms with Gasteiger partial charge in [0.05, 0.1) is 0 Å². The maximum atomic E-state index is 11.5. The highest BCUT2D eigenvalue weighted by atomic mass is 31.0. The zero-order chi connectivity index (χ0) is 9.84. The van der Waals surface area contributed by atoms with Gasteiger partial charge >= 0.3 is 0 Å². The van der Waals surface area contributed by atoms with Gasteiger partial charge in [-0.25, -0.2) is 0 Å². The Morgan fingerprint density at radius 3 is 2.62 bits per heavy atom. The van der Waals surface area contributed by atoms with E-state index in [2.05, 4.69) is 14.6 Å². The van der Waals surface area contributed by atoms with Crippen molar-refractivity contribution in [3.63, 3.8) is 0 Å². The Bertz CT molecular complexity index is 310. The molecule has 70 valence electrons. The van der Waals surface area contributed by atoms with E-state index < -0.39 is 0 Å². The lowest BCUT2D eigenvalue weighted by Crippen LogP contribution is -2.28. The van der Waals surface area contributed by atoms with Crippen LogP contribution in [-0.2, 0) is 0 Å². The molecule has 1 rings (SSSR count). The molecule has 0 bridgehead atoms. The molecule has 13 heavy (non-hydrogen) atoms. The molecule has 0 fully saturated rings. The van der Waals surface area contributed by atoms with Gasteiger partial charge in [0.1, 0.15) is 0 Å². The van der Waals surface area contributed by atoms with Crippen LogP contribution < -0.4 is 5.32 Å². The smallest absolute Gasteiger partial charge is 0.249 e. The fourth-order valence-corrected chi connectivity index (χ4v) is 1.23. The number of aryl methyl sites for hydroxylation is 1. The van der Waals surface area contributed by atoms with E-state index in [9.17, 15) is 4.79 Å². The molecule has 1 N–H and O–H groups in total. The van der Waals surface area contributed by atoms with E-state index in [1.807, 2.05) is 38.1 Å². The summed E-state index contributed by atoms with van der Waals surface area (Å²) in [5, 5.41) is 2.77. The molecule has 1 aromatic carbocycles. The van der Waals surface area contributed by atoms with Gasteiger partial charge in [0.15, 0.2) is 0 Å². The van der Waals surface area contributed by atoms with Crippen molar-refractivity contribution in [1.82, 2.24) is 5.32 Å². The third kappa shape index (κ3) is 2.82. The molecule has 1 atom stereocenters. The predicted octanol–water partition coefficient (Wildman–Crippen LogP) is 2.21. The second kappa shape index (κ2) is 4.38.